The van der Waals surface area contributed by atoms with Gasteiger partial charge in [0, 0.05) is 30.8 Å². The van der Waals surface area contributed by atoms with E-state index in [1.165, 1.54) is 38.6 Å². The van der Waals surface area contributed by atoms with Gasteiger partial charge in [-0.05, 0) is 72.7 Å². The molecule has 1 unspecified atom stereocenters. The molecular weight excluding hydrogens is 640 g/mol. The van der Waals surface area contributed by atoms with Gasteiger partial charge in [0.05, 0.1) is 58.2 Å². The van der Waals surface area contributed by atoms with Crippen LogP contribution >= 0.6 is 0 Å². The maximum Gasteiger partial charge on any atom is 0.243 e. The summed E-state index contributed by atoms with van der Waals surface area (Å²) in [4.78, 5) is 38.8. The Labute approximate surface area is 279 Å². The van der Waals surface area contributed by atoms with Crippen LogP contribution in [0.3, 0.4) is 0 Å². The van der Waals surface area contributed by atoms with Crippen molar-refractivity contribution in [3.8, 4) is 34.1 Å². The number of hydrogen-bond acceptors (Lipinski definition) is 10. The van der Waals surface area contributed by atoms with Gasteiger partial charge in [0.1, 0.15) is 5.75 Å². The van der Waals surface area contributed by atoms with Crippen molar-refractivity contribution >= 4 is 38.9 Å². The third kappa shape index (κ3) is 6.98. The molecule has 0 bridgehead atoms. The summed E-state index contributed by atoms with van der Waals surface area (Å²) in [5.41, 5.74) is 3.47. The van der Waals surface area contributed by atoms with Gasteiger partial charge in [-0.25, -0.2) is 8.42 Å². The summed E-state index contributed by atoms with van der Waals surface area (Å²) in [5, 5.41) is 8.68. The molecule has 1 fully saturated rings. The molecule has 2 aliphatic rings. The Morgan fingerprint density at radius 3 is 2.33 bits per heavy atom. The van der Waals surface area contributed by atoms with E-state index in [0.29, 0.717) is 76.9 Å². The molecule has 13 nitrogen and oxygen atoms in total. The summed E-state index contributed by atoms with van der Waals surface area (Å²) in [7, 11) is 2.57. The Kier molecular flexibility index (Phi) is 10.3. The van der Waals surface area contributed by atoms with Gasteiger partial charge in [-0.1, -0.05) is 6.07 Å². The molecule has 48 heavy (non-hydrogen) atoms. The molecule has 0 spiro atoms. The van der Waals surface area contributed by atoms with E-state index in [4.69, 9.17) is 18.9 Å². The van der Waals surface area contributed by atoms with Crippen molar-refractivity contribution in [1.29, 1.82) is 0 Å². The van der Waals surface area contributed by atoms with Gasteiger partial charge in [-0.2, -0.15) is 0 Å². The minimum atomic E-state index is -3.45. The molecule has 3 aromatic carbocycles. The fraction of sp³-hybridized carbons (Fsp3) is 0.382. The Hall–Kier alpha value is -4.98. The van der Waals surface area contributed by atoms with Crippen LogP contribution < -0.4 is 44.6 Å². The quantitative estimate of drug-likeness (QED) is 0.287. The van der Waals surface area contributed by atoms with Gasteiger partial charge < -0.3 is 34.9 Å². The zero-order valence-electron chi connectivity index (χ0n) is 27.6. The first-order chi connectivity index (χ1) is 23.0. The third-order valence-corrected chi connectivity index (χ3v) is 10.3. The molecule has 1 atom stereocenters. The number of carbonyl (C=O) groups excluding carboxylic acids is 2. The van der Waals surface area contributed by atoms with Gasteiger partial charge in [0.2, 0.25) is 33.0 Å². The van der Waals surface area contributed by atoms with Crippen LogP contribution in [0.5, 0.6) is 23.0 Å². The number of rotatable bonds is 10. The van der Waals surface area contributed by atoms with E-state index in [0.717, 1.165) is 12.0 Å². The first kappa shape index (κ1) is 34.4. The zero-order chi connectivity index (χ0) is 34.6. The Morgan fingerprint density at radius 2 is 1.67 bits per heavy atom. The number of hydrogen-bond donors (Lipinski definition) is 3. The molecule has 3 N–H and O–H groups in total. The van der Waals surface area contributed by atoms with Crippen molar-refractivity contribution in [1.82, 2.24) is 5.32 Å². The number of ether oxygens (including phenoxy) is 4. The van der Waals surface area contributed by atoms with Crippen LogP contribution in [-0.4, -0.2) is 67.5 Å². The summed E-state index contributed by atoms with van der Waals surface area (Å²) in [6, 6.07) is 11.0. The van der Waals surface area contributed by atoms with Gasteiger partial charge in [0.25, 0.3) is 0 Å². The molecule has 2 amide bonds. The van der Waals surface area contributed by atoms with E-state index in [9.17, 15) is 22.8 Å². The zero-order valence-corrected chi connectivity index (χ0v) is 28.4. The SMILES string of the molecule is COc1cc(NC(=O)CNc2ccc3c(cc2=O)C(NC(C)=O)CCc2cc(OC)c(OC)c(OC)c2-3)ccc1N1CCCCS1(=O)=O. The Bertz CT molecular complexity index is 1900. The van der Waals surface area contributed by atoms with Crippen molar-refractivity contribution in [3.05, 3.63) is 63.8 Å². The van der Waals surface area contributed by atoms with Crippen molar-refractivity contribution in [2.75, 3.05) is 62.2 Å². The molecule has 1 aliphatic carbocycles. The van der Waals surface area contributed by atoms with Gasteiger partial charge in [-0.3, -0.25) is 18.7 Å². The van der Waals surface area contributed by atoms with E-state index >= 15 is 0 Å². The fourth-order valence-electron chi connectivity index (χ4n) is 6.26. The van der Waals surface area contributed by atoms with Crippen molar-refractivity contribution in [2.24, 2.45) is 0 Å². The smallest absolute Gasteiger partial charge is 0.243 e. The lowest BCUT2D eigenvalue weighted by Gasteiger charge is -2.29. The van der Waals surface area contributed by atoms with Crippen molar-refractivity contribution in [2.45, 2.75) is 38.6 Å². The lowest BCUT2D eigenvalue weighted by atomic mass is 9.95. The van der Waals surface area contributed by atoms with Crippen LogP contribution in [-0.2, 0) is 26.0 Å². The first-order valence-electron chi connectivity index (χ1n) is 15.5. The maximum absolute atomic E-state index is 13.6. The van der Waals surface area contributed by atoms with Crippen molar-refractivity contribution in [3.63, 3.8) is 0 Å². The number of nitrogens with one attached hydrogen (secondary N) is 3. The van der Waals surface area contributed by atoms with E-state index < -0.39 is 22.0 Å². The fourth-order valence-corrected chi connectivity index (χ4v) is 7.90. The van der Waals surface area contributed by atoms with E-state index in [1.807, 2.05) is 6.07 Å². The highest BCUT2D eigenvalue weighted by atomic mass is 32.2. The van der Waals surface area contributed by atoms with Crippen LogP contribution in [0.4, 0.5) is 17.1 Å². The van der Waals surface area contributed by atoms with Crippen molar-refractivity contribution < 1.29 is 37.0 Å². The normalized spacial score (nSPS) is 16.4. The van der Waals surface area contributed by atoms with Crippen LogP contribution in [0.25, 0.3) is 11.1 Å². The average Bonchev–Trinajstić information content (AvgIpc) is 3.30. The van der Waals surface area contributed by atoms with Gasteiger partial charge >= 0.3 is 0 Å². The third-order valence-electron chi connectivity index (χ3n) is 8.44. The van der Waals surface area contributed by atoms with E-state index in [1.54, 1.807) is 37.4 Å². The molecule has 3 aromatic rings. The van der Waals surface area contributed by atoms with Crippen LogP contribution in [0, 0.1) is 0 Å². The molecular formula is C34H40N4O9S. The summed E-state index contributed by atoms with van der Waals surface area (Å²) < 4.78 is 49.1. The average molecular weight is 681 g/mol. The highest BCUT2D eigenvalue weighted by molar-refractivity contribution is 7.92. The predicted molar refractivity (Wildman–Crippen MR) is 183 cm³/mol. The number of methoxy groups -OCH3 is 4. The van der Waals surface area contributed by atoms with Crippen LogP contribution in [0.2, 0.25) is 0 Å². The second kappa shape index (κ2) is 14.4. The molecule has 0 aromatic heterocycles. The van der Waals surface area contributed by atoms with Gasteiger partial charge in [0.15, 0.2) is 11.5 Å². The second-order valence-corrected chi connectivity index (χ2v) is 13.5. The lowest BCUT2D eigenvalue weighted by molar-refractivity contribution is -0.119. The number of fused-ring (bicyclic) bond motifs is 3. The predicted octanol–water partition coefficient (Wildman–Crippen LogP) is 3.85. The van der Waals surface area contributed by atoms with Crippen LogP contribution in [0.1, 0.15) is 43.4 Å². The lowest BCUT2D eigenvalue weighted by Crippen LogP contribution is -2.38. The highest BCUT2D eigenvalue weighted by Crippen LogP contribution is 2.50. The maximum atomic E-state index is 13.6. The summed E-state index contributed by atoms with van der Waals surface area (Å²) in [6.07, 6.45) is 2.43. The number of nitrogens with zero attached hydrogens (tertiary/aromatic N) is 1. The van der Waals surface area contributed by atoms with Crippen LogP contribution in [0.15, 0.2) is 47.3 Å². The number of anilines is 3. The number of sulfonamides is 1. The molecule has 256 valence electrons. The summed E-state index contributed by atoms with van der Waals surface area (Å²) in [5.74, 6) is 1.02. The monoisotopic (exact) mass is 680 g/mol. The molecule has 1 aliphatic heterocycles. The Balaban J connectivity index is 1.43. The second-order valence-electron chi connectivity index (χ2n) is 11.5. The van der Waals surface area contributed by atoms with E-state index in [-0.39, 0.29) is 29.3 Å². The minimum absolute atomic E-state index is 0.0686. The highest BCUT2D eigenvalue weighted by Gasteiger charge is 2.30. The topological polar surface area (TPSA) is 162 Å². The number of benzene rings is 2. The number of aryl methyl sites for hydroxylation is 1. The molecule has 0 saturated carbocycles. The first-order valence-corrected chi connectivity index (χ1v) is 17.1. The molecule has 14 heteroatoms. The molecule has 1 heterocycles. The molecule has 1 saturated heterocycles. The molecule has 5 rings (SSSR count). The summed E-state index contributed by atoms with van der Waals surface area (Å²) >= 11 is 0. The Morgan fingerprint density at radius 1 is 0.917 bits per heavy atom. The van der Waals surface area contributed by atoms with Gasteiger partial charge in [-0.15, -0.1) is 0 Å². The standard InChI is InChI=1S/C34H40N4O9S/c1-20(39)36-25-11-8-21-16-30(45-3)33(46-4)34(47-5)32(21)23-10-12-26(28(40)18-24(23)25)35-19-31(41)37-22-9-13-27(29(17-22)44-2)38-14-6-7-15-48(38,42)43/h9-10,12-13,16-18,25H,6-8,11,14-15,19H2,1-5H3,(H,35,40)(H,36,39)(H,37,41). The summed E-state index contributed by atoms with van der Waals surface area (Å²) in [6.45, 7) is 1.54. The van der Waals surface area contributed by atoms with E-state index in [2.05, 4.69) is 16.0 Å². The molecule has 0 radical (unpaired) electrons. The number of amides is 2. The minimum Gasteiger partial charge on any atom is -0.494 e. The number of carbonyl (C=O) groups is 2. The largest absolute Gasteiger partial charge is 0.494 e.